The van der Waals surface area contributed by atoms with Crippen molar-refractivity contribution in [2.75, 3.05) is 13.2 Å². The van der Waals surface area contributed by atoms with E-state index in [2.05, 4.69) is 11.0 Å². The van der Waals surface area contributed by atoms with Gasteiger partial charge in [-0.05, 0) is 23.8 Å². The van der Waals surface area contributed by atoms with E-state index in [1.807, 2.05) is 30.5 Å². The van der Waals surface area contributed by atoms with Gasteiger partial charge in [-0.3, -0.25) is 9.59 Å². The fraction of sp³-hybridized carbons (Fsp3) is 0.217. The molecule has 2 heterocycles. The van der Waals surface area contributed by atoms with Crippen LogP contribution in [-0.2, 0) is 16.0 Å². The van der Waals surface area contributed by atoms with Crippen molar-refractivity contribution in [3.8, 4) is 0 Å². The van der Waals surface area contributed by atoms with Crippen LogP contribution in [0.2, 0.25) is 0 Å². The van der Waals surface area contributed by atoms with E-state index in [1.165, 1.54) is 0 Å². The predicted octanol–water partition coefficient (Wildman–Crippen LogP) is 3.09. The number of hydrogen-bond donors (Lipinski definition) is 0. The number of hydrogen-bond acceptors (Lipinski definition) is 5. The molecule has 2 aromatic carbocycles. The molecule has 3 aliphatic rings. The van der Waals surface area contributed by atoms with Crippen molar-refractivity contribution in [2.24, 2.45) is 0 Å². The van der Waals surface area contributed by atoms with Crippen LogP contribution in [0.3, 0.4) is 0 Å². The zero-order chi connectivity index (χ0) is 19.1. The molecule has 0 aromatic heterocycles. The molecule has 5 heteroatoms. The Labute approximate surface area is 162 Å². The molecule has 2 aliphatic heterocycles. The minimum atomic E-state index is -0.297. The van der Waals surface area contributed by atoms with Crippen LogP contribution in [0.4, 0.5) is 0 Å². The number of fused-ring (bicyclic) bond motifs is 2. The zero-order valence-electron chi connectivity index (χ0n) is 15.2. The Balaban J connectivity index is 1.45. The van der Waals surface area contributed by atoms with Gasteiger partial charge < -0.3 is 14.4 Å². The highest BCUT2D eigenvalue weighted by atomic mass is 16.7. The molecule has 1 fully saturated rings. The third-order valence-corrected chi connectivity index (χ3v) is 5.36. The summed E-state index contributed by atoms with van der Waals surface area (Å²) in [6.45, 7) is 1.79. The van der Waals surface area contributed by atoms with Gasteiger partial charge in [-0.25, -0.2) is 0 Å². The Morgan fingerprint density at radius 2 is 1.54 bits per heavy atom. The van der Waals surface area contributed by atoms with Gasteiger partial charge in [-0.2, -0.15) is 0 Å². The van der Waals surface area contributed by atoms with Gasteiger partial charge in [0.1, 0.15) is 0 Å². The third kappa shape index (κ3) is 2.80. The monoisotopic (exact) mass is 373 g/mol. The summed E-state index contributed by atoms with van der Waals surface area (Å²) in [6, 6.07) is 12.5. The van der Waals surface area contributed by atoms with Crippen LogP contribution in [0, 0.1) is 0 Å². The van der Waals surface area contributed by atoms with Crippen LogP contribution in [0.15, 0.2) is 66.9 Å². The number of benzene rings is 2. The van der Waals surface area contributed by atoms with Crippen molar-refractivity contribution >= 4 is 11.6 Å². The first kappa shape index (κ1) is 17.1. The van der Waals surface area contributed by atoms with Crippen LogP contribution in [0.5, 0.6) is 0 Å². The molecule has 5 rings (SSSR count). The van der Waals surface area contributed by atoms with E-state index < -0.39 is 0 Å². The van der Waals surface area contributed by atoms with E-state index >= 15 is 0 Å². The van der Waals surface area contributed by atoms with Crippen molar-refractivity contribution in [1.29, 1.82) is 0 Å². The number of ketones is 2. The Morgan fingerprint density at radius 1 is 0.857 bits per heavy atom. The molecule has 0 bridgehead atoms. The lowest BCUT2D eigenvalue weighted by molar-refractivity contribution is -0.0789. The van der Waals surface area contributed by atoms with Gasteiger partial charge in [-0.15, -0.1) is 0 Å². The Hall–Kier alpha value is -3.02. The highest BCUT2D eigenvalue weighted by Crippen LogP contribution is 2.29. The van der Waals surface area contributed by atoms with E-state index in [9.17, 15) is 9.59 Å². The van der Waals surface area contributed by atoms with Crippen LogP contribution < -0.4 is 0 Å². The lowest BCUT2D eigenvalue weighted by Crippen LogP contribution is -2.40. The maximum atomic E-state index is 12.9. The summed E-state index contributed by atoms with van der Waals surface area (Å²) in [5.74, 6) is -0.191. The molecule has 1 aliphatic carbocycles. The van der Waals surface area contributed by atoms with Gasteiger partial charge >= 0.3 is 0 Å². The first-order valence-electron chi connectivity index (χ1n) is 9.38. The lowest BCUT2D eigenvalue weighted by atomic mass is 9.83. The summed E-state index contributed by atoms with van der Waals surface area (Å²) >= 11 is 0. The van der Waals surface area contributed by atoms with Gasteiger partial charge in [0.15, 0.2) is 17.9 Å². The van der Waals surface area contributed by atoms with Crippen molar-refractivity contribution in [3.63, 3.8) is 0 Å². The number of rotatable bonds is 3. The molecule has 28 heavy (non-hydrogen) atoms. The van der Waals surface area contributed by atoms with E-state index in [4.69, 9.17) is 9.47 Å². The highest BCUT2D eigenvalue weighted by Gasteiger charge is 2.31. The average Bonchev–Trinajstić information content (AvgIpc) is 3.27. The summed E-state index contributed by atoms with van der Waals surface area (Å²) < 4.78 is 11.3. The van der Waals surface area contributed by atoms with Gasteiger partial charge in [0, 0.05) is 35.0 Å². The minimum absolute atomic E-state index is 0.0263. The molecule has 0 N–H and O–H groups in total. The van der Waals surface area contributed by atoms with E-state index in [1.54, 1.807) is 30.3 Å². The standard InChI is InChI=1S/C23H19NO4/c25-21-16-5-1-2-6-17(16)22(26)19-13-15(8-9-18(19)21)14-24-10-4-3-7-20(24)23-27-11-12-28-23/h1-10,13,20,23H,11-12,14H2. The number of carbonyl (C=O) groups is 2. The maximum Gasteiger partial charge on any atom is 0.194 e. The van der Waals surface area contributed by atoms with Crippen LogP contribution in [0.25, 0.3) is 0 Å². The summed E-state index contributed by atoms with van der Waals surface area (Å²) in [4.78, 5) is 27.8. The summed E-state index contributed by atoms with van der Waals surface area (Å²) in [6.07, 6.45) is 7.71. The molecular weight excluding hydrogens is 354 g/mol. The molecule has 1 unspecified atom stereocenters. The van der Waals surface area contributed by atoms with Crippen LogP contribution in [-0.4, -0.2) is 42.0 Å². The average molecular weight is 373 g/mol. The van der Waals surface area contributed by atoms with Crippen molar-refractivity contribution in [2.45, 2.75) is 18.9 Å². The van der Waals surface area contributed by atoms with Crippen LogP contribution >= 0.6 is 0 Å². The second kappa shape index (κ2) is 6.86. The predicted molar refractivity (Wildman–Crippen MR) is 103 cm³/mol. The SMILES string of the molecule is O=C1c2ccccc2C(=O)c2cc(CN3C=CC=CC3C3OCCO3)ccc21. The normalized spacial score (nSPS) is 21.1. The molecule has 1 atom stereocenters. The molecule has 5 nitrogen and oxygen atoms in total. The highest BCUT2D eigenvalue weighted by molar-refractivity contribution is 6.28. The van der Waals surface area contributed by atoms with E-state index in [0.717, 1.165) is 5.56 Å². The van der Waals surface area contributed by atoms with Gasteiger partial charge in [0.25, 0.3) is 0 Å². The topological polar surface area (TPSA) is 55.8 Å². The first-order chi connectivity index (χ1) is 13.7. The molecule has 140 valence electrons. The number of carbonyl (C=O) groups excluding carboxylic acids is 2. The first-order valence-corrected chi connectivity index (χ1v) is 9.38. The van der Waals surface area contributed by atoms with E-state index in [0.29, 0.717) is 42.0 Å². The number of nitrogens with zero attached hydrogens (tertiary/aromatic N) is 1. The maximum absolute atomic E-state index is 12.9. The number of ether oxygens (including phenoxy) is 2. The fourth-order valence-electron chi connectivity index (χ4n) is 3.98. The molecule has 0 amide bonds. The minimum Gasteiger partial charge on any atom is -0.362 e. The number of allylic oxidation sites excluding steroid dienone is 2. The van der Waals surface area contributed by atoms with Gasteiger partial charge in [0.05, 0.1) is 19.3 Å². The Morgan fingerprint density at radius 3 is 2.29 bits per heavy atom. The van der Waals surface area contributed by atoms with Crippen molar-refractivity contribution < 1.29 is 19.1 Å². The van der Waals surface area contributed by atoms with Crippen molar-refractivity contribution in [1.82, 2.24) is 4.90 Å². The Kier molecular flexibility index (Phi) is 4.19. The zero-order valence-corrected chi connectivity index (χ0v) is 15.2. The molecule has 0 radical (unpaired) electrons. The molecule has 1 saturated heterocycles. The summed E-state index contributed by atoms with van der Waals surface area (Å²) in [5.41, 5.74) is 2.86. The quantitative estimate of drug-likeness (QED) is 0.706. The molecular formula is C23H19NO4. The second-order valence-electron chi connectivity index (χ2n) is 7.08. The second-order valence-corrected chi connectivity index (χ2v) is 7.08. The largest absolute Gasteiger partial charge is 0.362 e. The smallest absolute Gasteiger partial charge is 0.194 e. The van der Waals surface area contributed by atoms with Gasteiger partial charge in [0.2, 0.25) is 0 Å². The Bertz CT molecular complexity index is 1020. The van der Waals surface area contributed by atoms with Crippen molar-refractivity contribution in [3.05, 3.63) is 94.7 Å². The summed E-state index contributed by atoms with van der Waals surface area (Å²) in [7, 11) is 0. The van der Waals surface area contributed by atoms with Gasteiger partial charge in [-0.1, -0.05) is 42.5 Å². The van der Waals surface area contributed by atoms with E-state index in [-0.39, 0.29) is 23.9 Å². The third-order valence-electron chi connectivity index (χ3n) is 5.36. The fourth-order valence-corrected chi connectivity index (χ4v) is 3.98. The molecule has 0 spiro atoms. The molecule has 0 saturated carbocycles. The lowest BCUT2D eigenvalue weighted by Gasteiger charge is -2.33. The summed E-state index contributed by atoms with van der Waals surface area (Å²) in [5, 5.41) is 0. The van der Waals surface area contributed by atoms with Crippen LogP contribution in [0.1, 0.15) is 37.4 Å². The molecule has 2 aromatic rings.